The van der Waals surface area contributed by atoms with E-state index < -0.39 is 0 Å². The second-order valence-electron chi connectivity index (χ2n) is 5.34. The van der Waals surface area contributed by atoms with Crippen molar-refractivity contribution in [3.8, 4) is 17.2 Å². The van der Waals surface area contributed by atoms with Crippen LogP contribution >= 0.6 is 15.9 Å². The van der Waals surface area contributed by atoms with Crippen LogP contribution < -0.4 is 9.47 Å². The number of hydrogen-bond donors (Lipinski definition) is 0. The number of hydrogen-bond acceptors (Lipinski definition) is 4. The van der Waals surface area contributed by atoms with Gasteiger partial charge in [-0.1, -0.05) is 15.9 Å². The van der Waals surface area contributed by atoms with Crippen LogP contribution in [0.1, 0.15) is 0 Å². The first-order valence-electron chi connectivity index (χ1n) is 7.35. The third-order valence-corrected chi connectivity index (χ3v) is 4.53. The molecule has 2 aromatic heterocycles. The second-order valence-corrected chi connectivity index (χ2v) is 6.26. The summed E-state index contributed by atoms with van der Waals surface area (Å²) >= 11 is 3.51. The smallest absolute Gasteiger partial charge is 0.162 e. The molecule has 0 radical (unpaired) electrons. The van der Waals surface area contributed by atoms with E-state index in [1.807, 2.05) is 24.4 Å². The van der Waals surface area contributed by atoms with Crippen LogP contribution in [0.2, 0.25) is 0 Å². The van der Waals surface area contributed by atoms with Crippen LogP contribution in [0.5, 0.6) is 11.5 Å². The molecule has 24 heavy (non-hydrogen) atoms. The van der Waals surface area contributed by atoms with E-state index in [1.165, 1.54) is 0 Å². The minimum atomic E-state index is 0.637. The van der Waals surface area contributed by atoms with Crippen molar-refractivity contribution >= 4 is 37.7 Å². The van der Waals surface area contributed by atoms with Crippen molar-refractivity contribution in [1.82, 2.24) is 14.8 Å². The van der Waals surface area contributed by atoms with Crippen LogP contribution in [0.3, 0.4) is 0 Å². The van der Waals surface area contributed by atoms with E-state index in [-0.39, 0.29) is 0 Å². The Kier molecular flexibility index (Phi) is 3.61. The molecule has 0 spiro atoms. The van der Waals surface area contributed by atoms with Crippen LogP contribution in [0, 0.1) is 0 Å². The van der Waals surface area contributed by atoms with Gasteiger partial charge in [0.1, 0.15) is 0 Å². The Morgan fingerprint density at radius 1 is 1.00 bits per heavy atom. The van der Waals surface area contributed by atoms with E-state index in [4.69, 9.17) is 9.47 Å². The zero-order valence-corrected chi connectivity index (χ0v) is 14.7. The average molecular weight is 384 g/mol. The monoisotopic (exact) mass is 383 g/mol. The summed E-state index contributed by atoms with van der Waals surface area (Å²) in [6.07, 6.45) is 3.79. The molecule has 0 saturated heterocycles. The maximum Gasteiger partial charge on any atom is 0.162 e. The first-order chi connectivity index (χ1) is 11.7. The third-order valence-electron chi connectivity index (χ3n) is 4.04. The predicted octanol–water partition coefficient (Wildman–Crippen LogP) is 4.35. The highest BCUT2D eigenvalue weighted by atomic mass is 79.9. The molecule has 0 atom stereocenters. The number of rotatable bonds is 3. The molecule has 0 aliphatic carbocycles. The van der Waals surface area contributed by atoms with Crippen molar-refractivity contribution in [3.63, 3.8) is 0 Å². The summed E-state index contributed by atoms with van der Waals surface area (Å²) in [5.74, 6) is 1.30. The predicted molar refractivity (Wildman–Crippen MR) is 97.2 cm³/mol. The topological polar surface area (TPSA) is 49.2 Å². The molecule has 0 aliphatic heterocycles. The molecular weight excluding hydrogens is 370 g/mol. The summed E-state index contributed by atoms with van der Waals surface area (Å²) in [7, 11) is 3.23. The molecule has 0 N–H and O–H groups in total. The van der Waals surface area contributed by atoms with E-state index in [9.17, 15) is 0 Å². The standard InChI is InChI=1S/C18H14BrN3O2/c1-23-17-8-13-14(9-18(17)24-2)21-20-10-16(13)22-6-5-11-7-12(19)3-4-15(11)22/h3-10H,1-2H3. The molecule has 2 heterocycles. The number of methoxy groups -OCH3 is 2. The molecule has 0 fully saturated rings. The van der Waals surface area contributed by atoms with Crippen molar-refractivity contribution in [1.29, 1.82) is 0 Å². The first-order valence-corrected chi connectivity index (χ1v) is 8.15. The highest BCUT2D eigenvalue weighted by Gasteiger charge is 2.13. The van der Waals surface area contributed by atoms with Crippen LogP contribution in [0.15, 0.2) is 53.3 Å². The number of ether oxygens (including phenoxy) is 2. The van der Waals surface area contributed by atoms with E-state index in [2.05, 4.69) is 48.9 Å². The van der Waals surface area contributed by atoms with Gasteiger partial charge in [-0.2, -0.15) is 10.2 Å². The molecule has 0 saturated carbocycles. The quantitative estimate of drug-likeness (QED) is 0.527. The lowest BCUT2D eigenvalue weighted by molar-refractivity contribution is 0.355. The van der Waals surface area contributed by atoms with Gasteiger partial charge in [0.15, 0.2) is 11.5 Å². The summed E-state index contributed by atoms with van der Waals surface area (Å²) in [5, 5.41) is 10.5. The average Bonchev–Trinajstić information content (AvgIpc) is 3.02. The lowest BCUT2D eigenvalue weighted by atomic mass is 10.1. The molecule has 4 aromatic rings. The Morgan fingerprint density at radius 3 is 2.58 bits per heavy atom. The van der Waals surface area contributed by atoms with Gasteiger partial charge < -0.3 is 14.0 Å². The van der Waals surface area contributed by atoms with Gasteiger partial charge in [-0.25, -0.2) is 0 Å². The van der Waals surface area contributed by atoms with Gasteiger partial charge in [0.2, 0.25) is 0 Å². The second kappa shape index (κ2) is 5.79. The zero-order valence-electron chi connectivity index (χ0n) is 13.2. The van der Waals surface area contributed by atoms with Crippen molar-refractivity contribution in [2.24, 2.45) is 0 Å². The number of halogens is 1. The van der Waals surface area contributed by atoms with E-state index in [1.54, 1.807) is 20.4 Å². The maximum atomic E-state index is 5.43. The lowest BCUT2D eigenvalue weighted by Crippen LogP contribution is -1.98. The van der Waals surface area contributed by atoms with E-state index in [0.29, 0.717) is 11.5 Å². The SMILES string of the molecule is COc1cc2nncc(-n3ccc4cc(Br)ccc43)c2cc1OC. The third kappa shape index (κ3) is 2.30. The van der Waals surface area contributed by atoms with Gasteiger partial charge in [-0.05, 0) is 30.3 Å². The Bertz CT molecular complexity index is 1060. The van der Waals surface area contributed by atoms with Crippen LogP contribution in [-0.2, 0) is 0 Å². The zero-order chi connectivity index (χ0) is 16.7. The van der Waals surface area contributed by atoms with Gasteiger partial charge in [0, 0.05) is 27.5 Å². The van der Waals surface area contributed by atoms with Gasteiger partial charge in [0.25, 0.3) is 0 Å². The molecule has 2 aromatic carbocycles. The van der Waals surface area contributed by atoms with Crippen molar-refractivity contribution in [2.75, 3.05) is 14.2 Å². The molecule has 0 aliphatic rings. The summed E-state index contributed by atoms with van der Waals surface area (Å²) < 4.78 is 13.9. The fourth-order valence-corrected chi connectivity index (χ4v) is 3.27. The molecule has 0 bridgehead atoms. The summed E-state index contributed by atoms with van der Waals surface area (Å²) in [6, 6.07) is 12.0. The first kappa shape index (κ1) is 15.0. The Balaban J connectivity index is 2.02. The number of nitrogens with zero attached hydrogens (tertiary/aromatic N) is 3. The summed E-state index contributed by atoms with van der Waals surface area (Å²) in [4.78, 5) is 0. The van der Waals surface area contributed by atoms with E-state index in [0.717, 1.165) is 32.0 Å². The van der Waals surface area contributed by atoms with Crippen LogP contribution in [0.25, 0.3) is 27.5 Å². The van der Waals surface area contributed by atoms with E-state index >= 15 is 0 Å². The number of fused-ring (bicyclic) bond motifs is 2. The highest BCUT2D eigenvalue weighted by molar-refractivity contribution is 9.10. The lowest BCUT2D eigenvalue weighted by Gasteiger charge is -2.12. The molecule has 120 valence electrons. The molecule has 4 rings (SSSR count). The fourth-order valence-electron chi connectivity index (χ4n) is 2.89. The van der Waals surface area contributed by atoms with Crippen LogP contribution in [0.4, 0.5) is 0 Å². The summed E-state index contributed by atoms with van der Waals surface area (Å²) in [6.45, 7) is 0. The molecule has 6 heteroatoms. The fraction of sp³-hybridized carbons (Fsp3) is 0.111. The van der Waals surface area contributed by atoms with Crippen molar-refractivity contribution in [2.45, 2.75) is 0 Å². The Labute approximate surface area is 147 Å². The number of aromatic nitrogens is 3. The Morgan fingerprint density at radius 2 is 1.79 bits per heavy atom. The van der Waals surface area contributed by atoms with Crippen LogP contribution in [-0.4, -0.2) is 29.0 Å². The Hall–Kier alpha value is -2.60. The van der Waals surface area contributed by atoms with Gasteiger partial charge in [-0.15, -0.1) is 0 Å². The largest absolute Gasteiger partial charge is 0.493 e. The number of benzene rings is 2. The van der Waals surface area contributed by atoms with Crippen molar-refractivity contribution in [3.05, 3.63) is 53.3 Å². The highest BCUT2D eigenvalue weighted by Crippen LogP contribution is 2.34. The summed E-state index contributed by atoms with van der Waals surface area (Å²) in [5.41, 5.74) is 2.80. The molecular formula is C18H14BrN3O2. The minimum absolute atomic E-state index is 0.637. The van der Waals surface area contributed by atoms with Crippen molar-refractivity contribution < 1.29 is 9.47 Å². The normalized spacial score (nSPS) is 11.1. The van der Waals surface area contributed by atoms with Gasteiger partial charge in [-0.3, -0.25) is 0 Å². The molecule has 0 amide bonds. The van der Waals surface area contributed by atoms with Gasteiger partial charge in [0.05, 0.1) is 37.1 Å². The molecule has 5 nitrogen and oxygen atoms in total. The van der Waals surface area contributed by atoms with Gasteiger partial charge >= 0.3 is 0 Å². The minimum Gasteiger partial charge on any atom is -0.493 e. The maximum absolute atomic E-state index is 5.43. The molecule has 0 unspecified atom stereocenters.